The molecule has 8 heteroatoms. The van der Waals surface area contributed by atoms with Gasteiger partial charge < -0.3 is 4.90 Å². The van der Waals surface area contributed by atoms with Crippen molar-refractivity contribution in [3.05, 3.63) is 51.3 Å². The summed E-state index contributed by atoms with van der Waals surface area (Å²) in [5.74, 6) is -0.325. The summed E-state index contributed by atoms with van der Waals surface area (Å²) in [6, 6.07) is 3.39. The van der Waals surface area contributed by atoms with Gasteiger partial charge in [0, 0.05) is 43.9 Å². The predicted molar refractivity (Wildman–Crippen MR) is 112 cm³/mol. The Morgan fingerprint density at radius 3 is 2.55 bits per heavy atom. The monoisotopic (exact) mass is 434 g/mol. The van der Waals surface area contributed by atoms with Gasteiger partial charge in [-0.15, -0.1) is 0 Å². The first-order valence-electron chi connectivity index (χ1n) is 11.0. The zero-order valence-corrected chi connectivity index (χ0v) is 18.3. The van der Waals surface area contributed by atoms with E-state index in [1.807, 2.05) is 0 Å². The third kappa shape index (κ3) is 4.10. The van der Waals surface area contributed by atoms with Gasteiger partial charge in [-0.1, -0.05) is 19.1 Å². The van der Waals surface area contributed by atoms with Gasteiger partial charge in [-0.25, -0.2) is 0 Å². The van der Waals surface area contributed by atoms with Crippen molar-refractivity contribution >= 4 is 5.91 Å². The fraction of sp³-hybridized carbons (Fsp3) is 0.565. The van der Waals surface area contributed by atoms with E-state index in [9.17, 15) is 18.0 Å². The Balaban J connectivity index is 1.50. The molecule has 0 aliphatic carbocycles. The zero-order valence-electron chi connectivity index (χ0n) is 18.3. The molecule has 31 heavy (non-hydrogen) atoms. The highest BCUT2D eigenvalue weighted by Gasteiger charge is 2.38. The van der Waals surface area contributed by atoms with Crippen LogP contribution >= 0.6 is 0 Å². The van der Waals surface area contributed by atoms with Crippen molar-refractivity contribution < 1.29 is 18.0 Å². The molecule has 1 saturated heterocycles. The molecule has 0 spiro atoms. The number of likely N-dealkylation sites (tertiary alicyclic amines) is 1. The number of likely N-dealkylation sites (N-methyl/N-ethyl adjacent to an activating group) is 1. The number of aromatic nitrogens is 2. The maximum atomic E-state index is 13.8. The van der Waals surface area contributed by atoms with Crippen molar-refractivity contribution in [1.82, 2.24) is 20.0 Å². The Bertz CT molecular complexity index is 974. The van der Waals surface area contributed by atoms with Gasteiger partial charge in [-0.2, -0.15) is 18.3 Å². The third-order valence-corrected chi connectivity index (χ3v) is 6.94. The first-order valence-corrected chi connectivity index (χ1v) is 11.0. The van der Waals surface area contributed by atoms with Gasteiger partial charge >= 0.3 is 6.18 Å². The molecule has 1 fully saturated rings. The standard InChI is InChI=1S/C23H29F3N4O/c1-4-29-10-9-19-18(13-29)21(28-27-19)22(31)30-11-7-16(8-12-30)17-6-5-14(2)15(3)20(17)23(24,25)26/h5-6,16H,4,7-13H2,1-3H3,(H,27,28). The van der Waals surface area contributed by atoms with Gasteiger partial charge in [-0.3, -0.25) is 14.8 Å². The van der Waals surface area contributed by atoms with Crippen LogP contribution in [-0.4, -0.2) is 52.1 Å². The molecule has 1 aromatic carbocycles. The lowest BCUT2D eigenvalue weighted by atomic mass is 9.83. The smallest absolute Gasteiger partial charge is 0.337 e. The second-order valence-corrected chi connectivity index (χ2v) is 8.68. The first kappa shape index (κ1) is 21.9. The van der Waals surface area contributed by atoms with Gasteiger partial charge in [0.05, 0.1) is 5.56 Å². The van der Waals surface area contributed by atoms with E-state index in [1.54, 1.807) is 30.9 Å². The summed E-state index contributed by atoms with van der Waals surface area (Å²) >= 11 is 0. The van der Waals surface area contributed by atoms with Crippen LogP contribution in [0.2, 0.25) is 0 Å². The van der Waals surface area contributed by atoms with E-state index in [1.165, 1.54) is 0 Å². The first-order chi connectivity index (χ1) is 14.7. The lowest BCUT2D eigenvalue weighted by molar-refractivity contribution is -0.139. The molecule has 0 saturated carbocycles. The lowest BCUT2D eigenvalue weighted by Crippen LogP contribution is -2.39. The van der Waals surface area contributed by atoms with Crippen LogP contribution in [-0.2, 0) is 19.1 Å². The van der Waals surface area contributed by atoms with Crippen LogP contribution in [0.1, 0.15) is 69.7 Å². The number of H-pyrrole nitrogens is 1. The van der Waals surface area contributed by atoms with Crippen LogP contribution in [0.3, 0.4) is 0 Å². The maximum Gasteiger partial charge on any atom is 0.416 e. The Morgan fingerprint density at radius 1 is 1.19 bits per heavy atom. The minimum absolute atomic E-state index is 0.120. The van der Waals surface area contributed by atoms with E-state index in [0.717, 1.165) is 30.8 Å². The number of carbonyl (C=O) groups excluding carboxylic acids is 1. The number of hydrogen-bond donors (Lipinski definition) is 1. The molecule has 4 rings (SSSR count). The zero-order chi connectivity index (χ0) is 22.3. The fourth-order valence-corrected chi connectivity index (χ4v) is 4.89. The number of fused-ring (bicyclic) bond motifs is 1. The van der Waals surface area contributed by atoms with Gasteiger partial charge in [0.15, 0.2) is 5.69 Å². The molecular weight excluding hydrogens is 405 g/mol. The lowest BCUT2D eigenvalue weighted by Gasteiger charge is -2.34. The summed E-state index contributed by atoms with van der Waals surface area (Å²) in [6.07, 6.45) is -2.49. The fourth-order valence-electron chi connectivity index (χ4n) is 4.89. The van der Waals surface area contributed by atoms with Crippen molar-refractivity contribution in [2.24, 2.45) is 0 Å². The largest absolute Gasteiger partial charge is 0.416 e. The van der Waals surface area contributed by atoms with Crippen LogP contribution in [0.25, 0.3) is 0 Å². The molecule has 1 amide bonds. The van der Waals surface area contributed by atoms with E-state index < -0.39 is 11.7 Å². The summed E-state index contributed by atoms with van der Waals surface area (Å²) in [5, 5.41) is 7.31. The second-order valence-electron chi connectivity index (χ2n) is 8.68. The van der Waals surface area contributed by atoms with Gasteiger partial charge in [0.25, 0.3) is 5.91 Å². The van der Waals surface area contributed by atoms with Gasteiger partial charge in [0.1, 0.15) is 0 Å². The topological polar surface area (TPSA) is 52.2 Å². The SMILES string of the molecule is CCN1CCc2[nH]nc(C(=O)N3CCC(c4ccc(C)c(C)c4C(F)(F)F)CC3)c2C1. The van der Waals surface area contributed by atoms with E-state index in [-0.39, 0.29) is 11.8 Å². The van der Waals surface area contributed by atoms with E-state index in [4.69, 9.17) is 0 Å². The molecule has 1 aromatic heterocycles. The number of aryl methyl sites for hydroxylation is 1. The molecule has 1 N–H and O–H groups in total. The predicted octanol–water partition coefficient (Wildman–Crippen LogP) is 4.44. The van der Waals surface area contributed by atoms with Crippen LogP contribution in [0.5, 0.6) is 0 Å². The van der Waals surface area contributed by atoms with Crippen LogP contribution in [0.4, 0.5) is 13.2 Å². The highest BCUT2D eigenvalue weighted by atomic mass is 19.4. The molecule has 168 valence electrons. The summed E-state index contributed by atoms with van der Waals surface area (Å²) in [7, 11) is 0. The number of halogens is 3. The molecule has 0 unspecified atom stereocenters. The highest BCUT2D eigenvalue weighted by Crippen LogP contribution is 2.41. The summed E-state index contributed by atoms with van der Waals surface area (Å²) in [5.41, 5.74) is 3.26. The Labute approximate surface area is 180 Å². The molecule has 2 aliphatic heterocycles. The number of hydrogen-bond acceptors (Lipinski definition) is 3. The summed E-state index contributed by atoms with van der Waals surface area (Å²) < 4.78 is 41.3. The van der Waals surface area contributed by atoms with Crippen molar-refractivity contribution in [3.8, 4) is 0 Å². The number of benzene rings is 1. The quantitative estimate of drug-likeness (QED) is 0.777. The molecule has 0 radical (unpaired) electrons. The van der Waals surface area contributed by atoms with Crippen LogP contribution < -0.4 is 0 Å². The molecule has 5 nitrogen and oxygen atoms in total. The normalized spacial score (nSPS) is 18.3. The van der Waals surface area contributed by atoms with Gasteiger partial charge in [-0.05, 0) is 55.8 Å². The van der Waals surface area contributed by atoms with E-state index in [0.29, 0.717) is 54.9 Å². The number of nitrogens with one attached hydrogen (secondary N) is 1. The van der Waals surface area contributed by atoms with Crippen LogP contribution in [0.15, 0.2) is 12.1 Å². The third-order valence-electron chi connectivity index (χ3n) is 6.94. The number of aromatic amines is 1. The molecule has 0 atom stereocenters. The van der Waals surface area contributed by atoms with Crippen molar-refractivity contribution in [1.29, 1.82) is 0 Å². The Morgan fingerprint density at radius 2 is 1.90 bits per heavy atom. The Kier molecular flexibility index (Phi) is 5.85. The second kappa shape index (κ2) is 8.30. The summed E-state index contributed by atoms with van der Waals surface area (Å²) in [4.78, 5) is 17.2. The van der Waals surface area contributed by atoms with Crippen molar-refractivity contribution in [3.63, 3.8) is 0 Å². The summed E-state index contributed by atoms with van der Waals surface area (Å²) in [6.45, 7) is 8.79. The maximum absolute atomic E-state index is 13.8. The number of amides is 1. The molecular formula is C23H29F3N4O. The van der Waals surface area contributed by atoms with E-state index >= 15 is 0 Å². The number of carbonyl (C=O) groups is 1. The number of alkyl halides is 3. The minimum atomic E-state index is -4.38. The van der Waals surface area contributed by atoms with Crippen LogP contribution in [0, 0.1) is 13.8 Å². The average molecular weight is 435 g/mol. The number of rotatable bonds is 3. The number of nitrogens with zero attached hydrogens (tertiary/aromatic N) is 3. The van der Waals surface area contributed by atoms with Crippen molar-refractivity contribution in [2.45, 2.75) is 58.7 Å². The average Bonchev–Trinajstić information content (AvgIpc) is 3.17. The highest BCUT2D eigenvalue weighted by molar-refractivity contribution is 5.94. The van der Waals surface area contributed by atoms with Crippen molar-refractivity contribution in [2.75, 3.05) is 26.2 Å². The van der Waals surface area contributed by atoms with Gasteiger partial charge in [0.2, 0.25) is 0 Å². The molecule has 2 aliphatic rings. The van der Waals surface area contributed by atoms with E-state index in [2.05, 4.69) is 22.0 Å². The Hall–Kier alpha value is -2.35. The molecule has 2 aromatic rings. The molecule has 0 bridgehead atoms. The number of piperidine rings is 1. The minimum Gasteiger partial charge on any atom is -0.337 e. The molecule has 3 heterocycles.